The zero-order valence-electron chi connectivity index (χ0n) is 15.6. The minimum atomic E-state index is -0.216. The van der Waals surface area contributed by atoms with E-state index in [2.05, 4.69) is 9.88 Å². The number of aromatic nitrogens is 2. The summed E-state index contributed by atoms with van der Waals surface area (Å²) in [5.74, 6) is -0.0476. The van der Waals surface area contributed by atoms with E-state index < -0.39 is 0 Å². The van der Waals surface area contributed by atoms with Gasteiger partial charge in [0.25, 0.3) is 5.56 Å². The van der Waals surface area contributed by atoms with Crippen LogP contribution in [0.25, 0.3) is 11.0 Å². The Hall–Kier alpha value is -2.86. The summed E-state index contributed by atoms with van der Waals surface area (Å²) in [6, 6.07) is 15.1. The summed E-state index contributed by atoms with van der Waals surface area (Å²) in [4.78, 5) is 33.8. The van der Waals surface area contributed by atoms with Crippen molar-refractivity contribution in [1.82, 2.24) is 14.5 Å². The van der Waals surface area contributed by atoms with Crippen LogP contribution in [-0.4, -0.2) is 46.5 Å². The lowest BCUT2D eigenvalue weighted by molar-refractivity contribution is -0.132. The van der Waals surface area contributed by atoms with Crippen LogP contribution in [0.1, 0.15) is 5.69 Å². The Morgan fingerprint density at radius 3 is 2.43 bits per heavy atom. The number of hydrogen-bond donors (Lipinski definition) is 0. The van der Waals surface area contributed by atoms with Crippen molar-refractivity contribution < 1.29 is 4.79 Å². The second kappa shape index (κ2) is 7.64. The Bertz CT molecular complexity index is 1070. The molecular weight excluding hydrogens is 376 g/mol. The van der Waals surface area contributed by atoms with Gasteiger partial charge in [-0.05, 0) is 43.3 Å². The van der Waals surface area contributed by atoms with E-state index in [1.807, 2.05) is 53.4 Å². The van der Waals surface area contributed by atoms with Crippen molar-refractivity contribution in [3.8, 4) is 0 Å². The summed E-state index contributed by atoms with van der Waals surface area (Å²) >= 11 is 5.95. The molecule has 2 aromatic carbocycles. The molecule has 1 saturated heterocycles. The topological polar surface area (TPSA) is 58.4 Å². The molecule has 0 spiro atoms. The average Bonchev–Trinajstić information content (AvgIpc) is 2.72. The number of rotatable bonds is 3. The second-order valence-corrected chi connectivity index (χ2v) is 7.36. The molecule has 0 bridgehead atoms. The van der Waals surface area contributed by atoms with Crippen LogP contribution in [-0.2, 0) is 11.3 Å². The smallest absolute Gasteiger partial charge is 0.272 e. The maximum atomic E-state index is 12.9. The number of benzene rings is 2. The highest BCUT2D eigenvalue weighted by Gasteiger charge is 2.22. The minimum absolute atomic E-state index is 0.0314. The molecule has 7 heteroatoms. The van der Waals surface area contributed by atoms with Crippen molar-refractivity contribution in [2.45, 2.75) is 13.5 Å². The summed E-state index contributed by atoms with van der Waals surface area (Å²) in [6.45, 7) is 4.46. The fourth-order valence-corrected chi connectivity index (χ4v) is 3.70. The number of carbonyl (C=O) groups is 1. The number of para-hydroxylation sites is 2. The SMILES string of the molecule is Cc1nc2ccccc2n(CC(=O)N2CCN(c3ccc(Cl)cc3)CC2)c1=O. The first-order valence-corrected chi connectivity index (χ1v) is 9.65. The van der Waals surface area contributed by atoms with Gasteiger partial charge in [0.2, 0.25) is 5.91 Å². The van der Waals surface area contributed by atoms with Gasteiger partial charge in [-0.15, -0.1) is 0 Å². The number of aryl methyl sites for hydroxylation is 1. The van der Waals surface area contributed by atoms with Crippen LogP contribution in [0, 0.1) is 6.92 Å². The Morgan fingerprint density at radius 1 is 1.04 bits per heavy atom. The van der Waals surface area contributed by atoms with E-state index in [4.69, 9.17) is 11.6 Å². The van der Waals surface area contributed by atoms with E-state index in [1.54, 1.807) is 6.92 Å². The van der Waals surface area contributed by atoms with E-state index in [1.165, 1.54) is 4.57 Å². The van der Waals surface area contributed by atoms with Crippen LogP contribution in [0.5, 0.6) is 0 Å². The van der Waals surface area contributed by atoms with E-state index in [0.29, 0.717) is 29.3 Å². The maximum absolute atomic E-state index is 12.9. The number of halogens is 1. The van der Waals surface area contributed by atoms with Gasteiger partial charge in [-0.2, -0.15) is 0 Å². The summed E-state index contributed by atoms with van der Waals surface area (Å²) in [5.41, 5.74) is 2.69. The molecule has 28 heavy (non-hydrogen) atoms. The number of fused-ring (bicyclic) bond motifs is 1. The Morgan fingerprint density at radius 2 is 1.71 bits per heavy atom. The van der Waals surface area contributed by atoms with E-state index in [-0.39, 0.29) is 18.0 Å². The quantitative estimate of drug-likeness (QED) is 0.683. The monoisotopic (exact) mass is 396 g/mol. The van der Waals surface area contributed by atoms with Gasteiger partial charge in [0.05, 0.1) is 11.0 Å². The fourth-order valence-electron chi connectivity index (χ4n) is 3.58. The molecule has 1 aromatic heterocycles. The van der Waals surface area contributed by atoms with Gasteiger partial charge >= 0.3 is 0 Å². The van der Waals surface area contributed by atoms with E-state index >= 15 is 0 Å². The number of nitrogens with zero attached hydrogens (tertiary/aromatic N) is 4. The predicted octanol–water partition coefficient (Wildman–Crippen LogP) is 2.71. The van der Waals surface area contributed by atoms with Gasteiger partial charge < -0.3 is 9.80 Å². The lowest BCUT2D eigenvalue weighted by atomic mass is 10.2. The molecular formula is C21H21ClN4O2. The summed E-state index contributed by atoms with van der Waals surface area (Å²) in [7, 11) is 0. The predicted molar refractivity (Wildman–Crippen MR) is 111 cm³/mol. The molecule has 0 N–H and O–H groups in total. The molecule has 0 saturated carbocycles. The third-order valence-electron chi connectivity index (χ3n) is 5.13. The summed E-state index contributed by atoms with van der Waals surface area (Å²) in [6.07, 6.45) is 0. The van der Waals surface area contributed by atoms with Gasteiger partial charge in [-0.1, -0.05) is 23.7 Å². The fraction of sp³-hybridized carbons (Fsp3) is 0.286. The van der Waals surface area contributed by atoms with Crippen molar-refractivity contribution >= 4 is 34.2 Å². The minimum Gasteiger partial charge on any atom is -0.368 e. The first-order valence-electron chi connectivity index (χ1n) is 9.27. The van der Waals surface area contributed by atoms with Crippen LogP contribution in [0.2, 0.25) is 5.02 Å². The average molecular weight is 397 g/mol. The van der Waals surface area contributed by atoms with Crippen LogP contribution < -0.4 is 10.5 Å². The van der Waals surface area contributed by atoms with E-state index in [9.17, 15) is 9.59 Å². The largest absolute Gasteiger partial charge is 0.368 e. The molecule has 6 nitrogen and oxygen atoms in total. The molecule has 1 aliphatic heterocycles. The van der Waals surface area contributed by atoms with Gasteiger partial charge in [0, 0.05) is 36.9 Å². The number of amides is 1. The first-order chi connectivity index (χ1) is 13.5. The van der Waals surface area contributed by atoms with Crippen molar-refractivity contribution in [3.63, 3.8) is 0 Å². The maximum Gasteiger partial charge on any atom is 0.272 e. The summed E-state index contributed by atoms with van der Waals surface area (Å²) < 4.78 is 1.53. The Balaban J connectivity index is 1.48. The number of piperazine rings is 1. The molecule has 3 aromatic rings. The molecule has 1 amide bonds. The molecule has 0 aliphatic carbocycles. The molecule has 0 radical (unpaired) electrons. The number of hydrogen-bond acceptors (Lipinski definition) is 4. The molecule has 1 fully saturated rings. The standard InChI is InChI=1S/C21H21ClN4O2/c1-15-21(28)26(19-5-3-2-4-18(19)23-15)14-20(27)25-12-10-24(11-13-25)17-8-6-16(22)7-9-17/h2-9H,10-14H2,1H3. The highest BCUT2D eigenvalue weighted by Crippen LogP contribution is 2.19. The number of carbonyl (C=O) groups excluding carboxylic acids is 1. The molecule has 2 heterocycles. The molecule has 0 unspecified atom stereocenters. The lowest BCUT2D eigenvalue weighted by Gasteiger charge is -2.36. The van der Waals surface area contributed by atoms with Gasteiger partial charge in [-0.3, -0.25) is 14.2 Å². The summed E-state index contributed by atoms with van der Waals surface area (Å²) in [5, 5.41) is 0.711. The van der Waals surface area contributed by atoms with Crippen molar-refractivity contribution in [3.05, 3.63) is 69.6 Å². The Labute approximate surface area is 168 Å². The third kappa shape index (κ3) is 3.60. The van der Waals surface area contributed by atoms with Crippen molar-refractivity contribution in [2.24, 2.45) is 0 Å². The third-order valence-corrected chi connectivity index (χ3v) is 5.38. The van der Waals surface area contributed by atoms with Crippen molar-refractivity contribution in [1.29, 1.82) is 0 Å². The zero-order chi connectivity index (χ0) is 19.7. The van der Waals surface area contributed by atoms with Gasteiger partial charge in [0.1, 0.15) is 12.2 Å². The lowest BCUT2D eigenvalue weighted by Crippen LogP contribution is -2.50. The van der Waals surface area contributed by atoms with Gasteiger partial charge in [-0.25, -0.2) is 4.98 Å². The first kappa shape index (κ1) is 18.5. The number of anilines is 1. The van der Waals surface area contributed by atoms with Crippen LogP contribution in [0.4, 0.5) is 5.69 Å². The highest BCUT2D eigenvalue weighted by atomic mass is 35.5. The molecule has 1 aliphatic rings. The second-order valence-electron chi connectivity index (χ2n) is 6.92. The van der Waals surface area contributed by atoms with E-state index in [0.717, 1.165) is 24.3 Å². The van der Waals surface area contributed by atoms with Crippen molar-refractivity contribution in [2.75, 3.05) is 31.1 Å². The van der Waals surface area contributed by atoms with Crippen LogP contribution in [0.15, 0.2) is 53.3 Å². The Kier molecular flexibility index (Phi) is 5.05. The van der Waals surface area contributed by atoms with Crippen LogP contribution >= 0.6 is 11.6 Å². The molecule has 0 atom stereocenters. The molecule has 4 rings (SSSR count). The zero-order valence-corrected chi connectivity index (χ0v) is 16.4. The van der Waals surface area contributed by atoms with Gasteiger partial charge in [0.15, 0.2) is 0 Å². The normalized spacial score (nSPS) is 14.5. The molecule has 144 valence electrons. The van der Waals surface area contributed by atoms with Crippen LogP contribution in [0.3, 0.4) is 0 Å². The highest BCUT2D eigenvalue weighted by molar-refractivity contribution is 6.30.